The topological polar surface area (TPSA) is 63.3 Å². The zero-order chi connectivity index (χ0) is 13.3. The first kappa shape index (κ1) is 12.2. The van der Waals surface area contributed by atoms with Gasteiger partial charge in [0, 0.05) is 5.56 Å². The minimum absolute atomic E-state index is 0.145. The van der Waals surface area contributed by atoms with Gasteiger partial charge in [-0.15, -0.1) is 0 Å². The summed E-state index contributed by atoms with van der Waals surface area (Å²) in [6, 6.07) is 11.2. The fourth-order valence-corrected chi connectivity index (χ4v) is 2.13. The maximum absolute atomic E-state index is 11.1. The first-order valence-corrected chi connectivity index (χ1v) is 5.69. The molecule has 0 saturated heterocycles. The van der Waals surface area contributed by atoms with Crippen LogP contribution in [0, 0.1) is 13.8 Å². The molecule has 92 valence electrons. The summed E-state index contributed by atoms with van der Waals surface area (Å²) in [5.74, 6) is -1.00. The van der Waals surface area contributed by atoms with Crippen LogP contribution in [0.3, 0.4) is 0 Å². The van der Waals surface area contributed by atoms with Crippen molar-refractivity contribution < 1.29 is 9.90 Å². The summed E-state index contributed by atoms with van der Waals surface area (Å²) in [6.07, 6.45) is 0. The normalized spacial score (nSPS) is 10.3. The molecule has 0 heterocycles. The van der Waals surface area contributed by atoms with Gasteiger partial charge >= 0.3 is 5.97 Å². The van der Waals surface area contributed by atoms with Crippen molar-refractivity contribution in [2.45, 2.75) is 13.8 Å². The molecule has 0 radical (unpaired) electrons. The molecule has 18 heavy (non-hydrogen) atoms. The van der Waals surface area contributed by atoms with E-state index in [1.54, 1.807) is 6.07 Å². The standard InChI is InChI=1S/C15H15NO2/c1-9-6-10(2)8-11(7-9)12-4-3-5-13(14(12)16)15(17)18/h3-8H,16H2,1-2H3,(H,17,18). The Balaban J connectivity index is 2.64. The van der Waals surface area contributed by atoms with Crippen molar-refractivity contribution >= 4 is 11.7 Å². The molecule has 2 aromatic rings. The Morgan fingerprint density at radius 2 is 1.72 bits per heavy atom. The summed E-state index contributed by atoms with van der Waals surface area (Å²) in [5, 5.41) is 9.07. The van der Waals surface area contributed by atoms with Gasteiger partial charge in [0.1, 0.15) is 0 Å². The van der Waals surface area contributed by atoms with E-state index in [9.17, 15) is 4.79 Å². The van der Waals surface area contributed by atoms with E-state index in [4.69, 9.17) is 10.8 Å². The minimum atomic E-state index is -1.00. The average molecular weight is 241 g/mol. The monoisotopic (exact) mass is 241 g/mol. The van der Waals surface area contributed by atoms with Gasteiger partial charge in [-0.25, -0.2) is 4.79 Å². The second-order valence-corrected chi connectivity index (χ2v) is 4.45. The number of nitrogens with two attached hydrogens (primary N) is 1. The second kappa shape index (κ2) is 4.53. The first-order valence-electron chi connectivity index (χ1n) is 5.69. The van der Waals surface area contributed by atoms with E-state index < -0.39 is 5.97 Å². The molecule has 0 aliphatic rings. The number of aryl methyl sites for hydroxylation is 2. The van der Waals surface area contributed by atoms with Gasteiger partial charge < -0.3 is 10.8 Å². The fraction of sp³-hybridized carbons (Fsp3) is 0.133. The third kappa shape index (κ3) is 2.20. The summed E-state index contributed by atoms with van der Waals surface area (Å²) < 4.78 is 0. The van der Waals surface area contributed by atoms with Crippen LogP contribution in [0.2, 0.25) is 0 Å². The van der Waals surface area contributed by atoms with Crippen molar-refractivity contribution in [2.24, 2.45) is 0 Å². The van der Waals surface area contributed by atoms with E-state index in [-0.39, 0.29) is 5.56 Å². The predicted octanol–water partition coefficient (Wildman–Crippen LogP) is 3.25. The van der Waals surface area contributed by atoms with E-state index in [2.05, 4.69) is 6.07 Å². The van der Waals surface area contributed by atoms with Crippen LogP contribution in [0.15, 0.2) is 36.4 Å². The molecule has 3 heteroatoms. The molecule has 3 nitrogen and oxygen atoms in total. The molecule has 0 atom stereocenters. The summed E-state index contributed by atoms with van der Waals surface area (Å²) in [6.45, 7) is 4.02. The van der Waals surface area contributed by atoms with Gasteiger partial charge in [-0.3, -0.25) is 0 Å². The zero-order valence-electron chi connectivity index (χ0n) is 10.4. The number of carbonyl (C=O) groups is 1. The van der Waals surface area contributed by atoms with Gasteiger partial charge in [-0.2, -0.15) is 0 Å². The van der Waals surface area contributed by atoms with Gasteiger partial charge in [-0.1, -0.05) is 41.5 Å². The maximum atomic E-state index is 11.1. The van der Waals surface area contributed by atoms with E-state index in [0.717, 1.165) is 22.3 Å². The highest BCUT2D eigenvalue weighted by Crippen LogP contribution is 2.30. The molecule has 0 saturated carbocycles. The van der Waals surface area contributed by atoms with Crippen LogP contribution in [0.5, 0.6) is 0 Å². The summed E-state index contributed by atoms with van der Waals surface area (Å²) in [4.78, 5) is 11.1. The summed E-state index contributed by atoms with van der Waals surface area (Å²) in [5.41, 5.74) is 10.4. The molecule has 0 fully saturated rings. The van der Waals surface area contributed by atoms with Gasteiger partial charge in [-0.05, 0) is 25.5 Å². The predicted molar refractivity (Wildman–Crippen MR) is 72.7 cm³/mol. The smallest absolute Gasteiger partial charge is 0.337 e. The van der Waals surface area contributed by atoms with Crippen LogP contribution >= 0.6 is 0 Å². The van der Waals surface area contributed by atoms with E-state index in [0.29, 0.717) is 5.69 Å². The lowest BCUT2D eigenvalue weighted by molar-refractivity contribution is 0.0698. The molecular weight excluding hydrogens is 226 g/mol. The number of anilines is 1. The Morgan fingerprint density at radius 1 is 1.11 bits per heavy atom. The summed E-state index contributed by atoms with van der Waals surface area (Å²) >= 11 is 0. The Kier molecular flexibility index (Phi) is 3.06. The molecular formula is C15H15NO2. The lowest BCUT2D eigenvalue weighted by atomic mass is 9.97. The van der Waals surface area contributed by atoms with Crippen molar-refractivity contribution in [3.8, 4) is 11.1 Å². The Morgan fingerprint density at radius 3 is 2.28 bits per heavy atom. The van der Waals surface area contributed by atoms with Crippen molar-refractivity contribution in [3.05, 3.63) is 53.1 Å². The van der Waals surface area contributed by atoms with Crippen LogP contribution < -0.4 is 5.73 Å². The van der Waals surface area contributed by atoms with Crippen LogP contribution in [-0.4, -0.2) is 11.1 Å². The van der Waals surface area contributed by atoms with Crippen molar-refractivity contribution in [2.75, 3.05) is 5.73 Å². The maximum Gasteiger partial charge on any atom is 0.337 e. The molecule has 2 aromatic carbocycles. The number of aromatic carboxylic acids is 1. The van der Waals surface area contributed by atoms with Crippen LogP contribution in [0.25, 0.3) is 11.1 Å². The molecule has 3 N–H and O–H groups in total. The highest BCUT2D eigenvalue weighted by Gasteiger charge is 2.12. The van der Waals surface area contributed by atoms with Crippen LogP contribution in [0.1, 0.15) is 21.5 Å². The average Bonchev–Trinajstić information content (AvgIpc) is 2.27. The highest BCUT2D eigenvalue weighted by molar-refractivity contribution is 5.98. The quantitative estimate of drug-likeness (QED) is 0.793. The fourth-order valence-electron chi connectivity index (χ4n) is 2.13. The number of carboxylic acid groups (broad SMARTS) is 1. The number of benzene rings is 2. The number of para-hydroxylation sites is 1. The first-order chi connectivity index (χ1) is 8.49. The lowest BCUT2D eigenvalue weighted by Crippen LogP contribution is -2.03. The molecule has 0 spiro atoms. The minimum Gasteiger partial charge on any atom is -0.478 e. The van der Waals surface area contributed by atoms with Gasteiger partial charge in [0.2, 0.25) is 0 Å². The number of nitrogen functional groups attached to an aromatic ring is 1. The third-order valence-electron chi connectivity index (χ3n) is 2.87. The molecule has 0 aromatic heterocycles. The lowest BCUT2D eigenvalue weighted by Gasteiger charge is -2.10. The largest absolute Gasteiger partial charge is 0.478 e. The molecule has 0 amide bonds. The Bertz CT molecular complexity index is 598. The molecule has 0 aliphatic carbocycles. The van der Waals surface area contributed by atoms with Crippen molar-refractivity contribution in [1.29, 1.82) is 0 Å². The van der Waals surface area contributed by atoms with Crippen molar-refractivity contribution in [3.63, 3.8) is 0 Å². The SMILES string of the molecule is Cc1cc(C)cc(-c2cccc(C(=O)O)c2N)c1. The van der Waals surface area contributed by atoms with Gasteiger partial charge in [0.15, 0.2) is 0 Å². The summed E-state index contributed by atoms with van der Waals surface area (Å²) in [7, 11) is 0. The van der Waals surface area contributed by atoms with E-state index >= 15 is 0 Å². The van der Waals surface area contributed by atoms with E-state index in [1.165, 1.54) is 6.07 Å². The second-order valence-electron chi connectivity index (χ2n) is 4.45. The van der Waals surface area contributed by atoms with E-state index in [1.807, 2.05) is 32.0 Å². The Labute approximate surface area is 106 Å². The molecule has 2 rings (SSSR count). The van der Waals surface area contributed by atoms with Gasteiger partial charge in [0.25, 0.3) is 0 Å². The Hall–Kier alpha value is -2.29. The number of rotatable bonds is 2. The zero-order valence-corrected chi connectivity index (χ0v) is 10.4. The number of hydrogen-bond donors (Lipinski definition) is 2. The van der Waals surface area contributed by atoms with Crippen LogP contribution in [-0.2, 0) is 0 Å². The van der Waals surface area contributed by atoms with Crippen LogP contribution in [0.4, 0.5) is 5.69 Å². The van der Waals surface area contributed by atoms with Crippen molar-refractivity contribution in [1.82, 2.24) is 0 Å². The molecule has 0 unspecified atom stereocenters. The third-order valence-corrected chi connectivity index (χ3v) is 2.87. The molecule has 0 aliphatic heterocycles. The number of carboxylic acids is 1. The molecule has 0 bridgehead atoms. The van der Waals surface area contributed by atoms with Gasteiger partial charge in [0.05, 0.1) is 11.3 Å². The highest BCUT2D eigenvalue weighted by atomic mass is 16.4. The number of hydrogen-bond acceptors (Lipinski definition) is 2.